The molecule has 0 aromatic rings. The second-order valence-corrected chi connectivity index (χ2v) is 39.7. The van der Waals surface area contributed by atoms with Crippen LogP contribution in [0, 0.1) is 47.3 Å². The first-order chi connectivity index (χ1) is 65.0. The number of rotatable bonds is 28. The van der Waals surface area contributed by atoms with Gasteiger partial charge in [-0.15, -0.1) is 0 Å². The van der Waals surface area contributed by atoms with E-state index in [0.29, 0.717) is 155 Å². The Morgan fingerprint density at radius 3 is 0.696 bits per heavy atom. The van der Waals surface area contributed by atoms with E-state index in [2.05, 4.69) is 78.5 Å². The smallest absolute Gasteiger partial charge is 0.242 e. The number of nitrogens with zero attached hydrogens (tertiary/aromatic N) is 4. The lowest BCUT2D eigenvalue weighted by molar-refractivity contribution is -0.137. The number of carbonyl (C=O) groups is 16. The molecule has 4 aliphatic rings. The van der Waals surface area contributed by atoms with Crippen molar-refractivity contribution in [2.75, 3.05) is 45.8 Å². The van der Waals surface area contributed by atoms with Crippen molar-refractivity contribution in [1.82, 2.24) is 58.5 Å². The van der Waals surface area contributed by atoms with Crippen LogP contribution in [0.1, 0.15) is 368 Å². The van der Waals surface area contributed by atoms with Gasteiger partial charge in [-0.2, -0.15) is 0 Å². The second-order valence-electron chi connectivity index (χ2n) is 39.7. The molecule has 0 radical (unpaired) electrons. The molecular weight excluding hydrogens is 1770 g/mol. The van der Waals surface area contributed by atoms with Crippen LogP contribution >= 0.6 is 0 Å². The molecule has 4 rings (SSSR count). The van der Waals surface area contributed by atoms with Gasteiger partial charge >= 0.3 is 0 Å². The summed E-state index contributed by atoms with van der Waals surface area (Å²) in [6, 6.07) is -2.56. The van der Waals surface area contributed by atoms with Crippen LogP contribution in [0.5, 0.6) is 0 Å². The third kappa shape index (κ3) is 51.0. The average Bonchev–Trinajstić information content (AvgIpc) is 0.848. The molecule has 0 saturated carbocycles. The number of ketones is 5. The number of amides is 11. The summed E-state index contributed by atoms with van der Waals surface area (Å²) in [6.45, 7) is 31.7. The topological polar surface area (TPSA) is 663 Å². The van der Waals surface area contributed by atoms with Crippen molar-refractivity contribution in [2.45, 2.75) is 414 Å². The van der Waals surface area contributed by atoms with E-state index in [0.717, 1.165) is 122 Å². The lowest BCUT2D eigenvalue weighted by Crippen LogP contribution is -2.54. The van der Waals surface area contributed by atoms with Gasteiger partial charge in [-0.3, -0.25) is 96.7 Å². The molecule has 27 N–H and O–H groups in total. The number of nitrogens with two attached hydrogens (primary N) is 8. The number of carbonyl (C=O) groups excluding carboxylic acids is 16. The molecule has 138 heavy (non-hydrogen) atoms. The Bertz CT molecular complexity index is 3950. The van der Waals surface area contributed by atoms with Gasteiger partial charge in [0, 0.05) is 125 Å². The Hall–Kier alpha value is -10.4. The predicted octanol–water partition coefficient (Wildman–Crippen LogP) is 6.50. The molecule has 0 bridgehead atoms. The third-order valence-corrected chi connectivity index (χ3v) is 25.9. The molecule has 4 saturated heterocycles. The first-order valence-electron chi connectivity index (χ1n) is 51.2. The van der Waals surface area contributed by atoms with Crippen molar-refractivity contribution in [3.63, 3.8) is 0 Å². The largest absolute Gasteiger partial charge is 0.370 e. The summed E-state index contributed by atoms with van der Waals surface area (Å²) in [6.07, 6.45) is 24.5. The Kier molecular flexibility index (Phi) is 61.7. The van der Waals surface area contributed by atoms with E-state index >= 15 is 0 Å². The van der Waals surface area contributed by atoms with Gasteiger partial charge in [0.15, 0.2) is 52.8 Å². The fraction of sp³-hybridized carbons (Fsp3) is 0.798. The van der Waals surface area contributed by atoms with Crippen LogP contribution in [0.2, 0.25) is 0 Å². The zero-order valence-electron chi connectivity index (χ0n) is 86.6. The van der Waals surface area contributed by atoms with E-state index in [-0.39, 0.29) is 167 Å². The van der Waals surface area contributed by atoms with Gasteiger partial charge in [0.1, 0.15) is 18.1 Å². The van der Waals surface area contributed by atoms with E-state index < -0.39 is 70.0 Å². The summed E-state index contributed by atoms with van der Waals surface area (Å²) in [4.78, 5) is 223. The van der Waals surface area contributed by atoms with Gasteiger partial charge < -0.3 is 104 Å². The molecule has 0 spiro atoms. The monoisotopic (exact) mass is 1950 g/mol. The molecule has 0 aromatic heterocycles. The van der Waals surface area contributed by atoms with Gasteiger partial charge in [-0.05, 0) is 156 Å². The molecule has 0 unspecified atom stereocenters. The molecule has 788 valence electrons. The van der Waals surface area contributed by atoms with Crippen molar-refractivity contribution < 1.29 is 76.7 Å². The molecule has 0 aromatic carbocycles. The quantitative estimate of drug-likeness (QED) is 0.0226. The number of hydrogen-bond donors (Lipinski definition) is 19. The van der Waals surface area contributed by atoms with E-state index in [1.165, 1.54) is 0 Å². The second kappa shape index (κ2) is 67.8. The zero-order valence-corrected chi connectivity index (χ0v) is 86.6. The zero-order chi connectivity index (χ0) is 104. The molecule has 12 atom stereocenters. The van der Waals surface area contributed by atoms with Crippen LogP contribution in [0.15, 0.2) is 20.0 Å². The number of hydrogen-bond acceptors (Lipinski definition) is 20. The molecule has 11 amide bonds. The maximum absolute atomic E-state index is 13.6. The molecule has 0 aliphatic carbocycles. The molecule has 39 heteroatoms. The molecule has 4 fully saturated rings. The molecule has 39 nitrogen and oxygen atoms in total. The number of guanidine groups is 4. The minimum absolute atomic E-state index is 0.0207. The Morgan fingerprint density at radius 2 is 0.493 bits per heavy atom. The van der Waals surface area contributed by atoms with Crippen molar-refractivity contribution in [2.24, 2.45) is 113 Å². The SMILES string of the molecule is CC[C@@H]1NC(=O)[C@H](CCCN=C(N)N)CC(=O)[C@@](C)(NC(=O)C(C)C)CCCCCCC1=O.CC[C@@H]1NC(=O)[C@H](CCCN=C(N)N)CC(=O)[C@@](C)(NC(=O)C(C)C)CCCCCCCCNC1=O.CC[C@@H]1NC(=O)[C@H](CCCN=C(N)N)CC(=O)[C@@](C)(NC(=O)C(C)C)CCCCCCCNC1=O.CC[C@@H]1NC(=O)[C@H](CCCN=C(N)N)CC(=O)[C@@](C)(NC(=O)C(C)C)CCCCCCNC1=O. The van der Waals surface area contributed by atoms with E-state index in [1.807, 2.05) is 27.7 Å². The first kappa shape index (κ1) is 126. The first-order valence-corrected chi connectivity index (χ1v) is 51.2. The van der Waals surface area contributed by atoms with E-state index in [4.69, 9.17) is 45.9 Å². The van der Waals surface area contributed by atoms with Gasteiger partial charge in [-0.1, -0.05) is 179 Å². The average molecular weight is 1950 g/mol. The normalized spacial score (nSPS) is 25.5. The lowest BCUT2D eigenvalue weighted by Gasteiger charge is -2.32. The fourth-order valence-electron chi connectivity index (χ4n) is 16.4. The van der Waals surface area contributed by atoms with Crippen molar-refractivity contribution in [3.8, 4) is 0 Å². The van der Waals surface area contributed by atoms with Crippen LogP contribution in [-0.4, -0.2) is 210 Å². The fourth-order valence-corrected chi connectivity index (χ4v) is 16.4. The van der Waals surface area contributed by atoms with E-state index in [9.17, 15) is 76.7 Å². The predicted molar refractivity (Wildman–Crippen MR) is 541 cm³/mol. The maximum Gasteiger partial charge on any atom is 0.242 e. The highest BCUT2D eigenvalue weighted by Crippen LogP contribution is 2.31. The molecule has 4 aliphatic heterocycles. The van der Waals surface area contributed by atoms with E-state index in [1.54, 1.807) is 83.1 Å². The van der Waals surface area contributed by atoms with Gasteiger partial charge in [0.25, 0.3) is 0 Å². The number of Topliss-reactive ketones (excluding diaryl/α,β-unsaturated/α-hetero) is 5. The highest BCUT2D eigenvalue weighted by atomic mass is 16.2. The van der Waals surface area contributed by atoms with Gasteiger partial charge in [0.05, 0.1) is 28.2 Å². The summed E-state index contributed by atoms with van der Waals surface area (Å²) >= 11 is 0. The van der Waals surface area contributed by atoms with Crippen LogP contribution in [0.3, 0.4) is 0 Å². The summed E-state index contributed by atoms with van der Waals surface area (Å²) in [5, 5.41) is 31.9. The Labute approximate surface area is 821 Å². The van der Waals surface area contributed by atoms with Crippen molar-refractivity contribution in [1.29, 1.82) is 0 Å². The van der Waals surface area contributed by atoms with Crippen molar-refractivity contribution in [3.05, 3.63) is 0 Å². The highest BCUT2D eigenvalue weighted by Gasteiger charge is 2.43. The van der Waals surface area contributed by atoms with Gasteiger partial charge in [-0.25, -0.2) is 0 Å². The number of aliphatic imine (C=N–C) groups is 4. The van der Waals surface area contributed by atoms with Crippen LogP contribution in [0.25, 0.3) is 0 Å². The standard InChI is InChI=1S/C26H48N6O4.C25H46N6O4.C24H44N6O4.C24H43N5O4/c1-5-20-24(36)29-15-11-9-7-6-8-10-14-26(4,32-22(34)18(2)3)21(33)17-19(23(35)31-20)13-12-16-30-25(27)28;1-5-19-23(35)28-14-10-8-6-7-9-13-25(4,31-21(33)17(2)3)20(32)16-18(22(34)30-19)12-11-15-29-24(26)27;1-5-18-22(34)27-13-9-7-6-8-12-24(4,30-20(32)16(2)3)19(31)15-17(21(33)29-18)11-10-14-28-23(25)26;1-5-18-19(30)12-8-6-7-9-13-24(4,29-21(32)16(2)3)20(31)15-17(22(33)28-18)11-10-14-27-23(25)26/h18-20H,5-17H2,1-4H3,(H,29,36)(H,31,35)(H,32,34)(H4,27,28,30);17-19H,5-16H2,1-4H3,(H,28,35)(H,30,34)(H,31,33)(H4,26,27,29);16-18H,5-15H2,1-4H3,(H,27,34)(H,29,33)(H,30,32)(H4,25,26,28);16-18H,5-15H2,1-4H3,(H,28,33)(H,29,32)(H4,25,26,27)/t19-,20+,26+;18-,19+,25+;2*17-,18+,24+/m1111/s1. The summed E-state index contributed by atoms with van der Waals surface area (Å²) < 4.78 is 0. The summed E-state index contributed by atoms with van der Waals surface area (Å²) in [5.41, 5.74) is 38.9. The summed E-state index contributed by atoms with van der Waals surface area (Å²) in [7, 11) is 0. The summed E-state index contributed by atoms with van der Waals surface area (Å²) in [5.74, 6) is -7.24. The van der Waals surface area contributed by atoms with Crippen LogP contribution < -0.4 is 104 Å². The minimum atomic E-state index is -1.06. The van der Waals surface area contributed by atoms with Crippen molar-refractivity contribution >= 4 is 118 Å². The Balaban J connectivity index is 0.000000920. The molecular formula is C99H181N23O16. The van der Waals surface area contributed by atoms with Gasteiger partial charge in [0.2, 0.25) is 65.0 Å². The highest BCUT2D eigenvalue weighted by molar-refractivity contribution is 6.00. The lowest BCUT2D eigenvalue weighted by atomic mass is 9.82. The maximum atomic E-state index is 13.6. The third-order valence-electron chi connectivity index (χ3n) is 25.9. The molecule has 4 heterocycles. The van der Waals surface area contributed by atoms with Crippen LogP contribution in [0.4, 0.5) is 0 Å². The van der Waals surface area contributed by atoms with Crippen LogP contribution in [-0.2, 0) is 76.7 Å². The minimum Gasteiger partial charge on any atom is -0.370 e. The Morgan fingerprint density at radius 1 is 0.297 bits per heavy atom. The number of nitrogens with one attached hydrogen (secondary N) is 11.